The molecule has 3 rings (SSSR count). The number of nitrogens with zero attached hydrogens (tertiary/aromatic N) is 1. The maximum absolute atomic E-state index is 12.3. The number of carbonyl (C=O) groups is 3. The van der Waals surface area contributed by atoms with Crippen molar-refractivity contribution in [2.75, 3.05) is 14.2 Å². The van der Waals surface area contributed by atoms with Crippen molar-refractivity contribution in [3.8, 4) is 0 Å². The Bertz CT molecular complexity index is 521. The maximum Gasteiger partial charge on any atom is 0.411 e. The molecular weight excluding hydrogens is 306 g/mol. The number of fused-ring (bicyclic) bond motifs is 5. The quantitative estimate of drug-likeness (QED) is 0.410. The van der Waals surface area contributed by atoms with Crippen LogP contribution in [-0.4, -0.2) is 67.0 Å². The fraction of sp³-hybridized carbons (Fsp3) is 0.800. The second kappa shape index (κ2) is 5.09. The summed E-state index contributed by atoms with van der Waals surface area (Å²) in [5.74, 6) is -2.57. The highest BCUT2D eigenvalue weighted by Gasteiger charge is 2.77. The Hall–Kier alpha value is -1.83. The number of methoxy groups -OCH3 is 2. The molecule has 3 heterocycles. The molecule has 8 heteroatoms. The lowest BCUT2D eigenvalue weighted by Gasteiger charge is -2.22. The van der Waals surface area contributed by atoms with Crippen molar-refractivity contribution in [1.29, 1.82) is 0 Å². The lowest BCUT2D eigenvalue weighted by atomic mass is 9.79. The molecule has 23 heavy (non-hydrogen) atoms. The van der Waals surface area contributed by atoms with Crippen molar-refractivity contribution in [3.63, 3.8) is 0 Å². The van der Waals surface area contributed by atoms with Gasteiger partial charge in [0.2, 0.25) is 0 Å². The largest absolute Gasteiger partial charge is 0.469 e. The number of morpholine rings is 1. The Morgan fingerprint density at radius 2 is 1.35 bits per heavy atom. The summed E-state index contributed by atoms with van der Waals surface area (Å²) in [7, 11) is 2.53. The van der Waals surface area contributed by atoms with Crippen molar-refractivity contribution in [1.82, 2.24) is 4.90 Å². The van der Waals surface area contributed by atoms with Crippen molar-refractivity contribution < 1.29 is 33.3 Å². The minimum absolute atomic E-state index is 0.250. The summed E-state index contributed by atoms with van der Waals surface area (Å²) < 4.78 is 20.7. The van der Waals surface area contributed by atoms with Crippen LogP contribution in [-0.2, 0) is 28.5 Å². The van der Waals surface area contributed by atoms with Crippen molar-refractivity contribution >= 4 is 18.0 Å². The van der Waals surface area contributed by atoms with Crippen LogP contribution in [0.2, 0.25) is 0 Å². The van der Waals surface area contributed by atoms with Crippen LogP contribution in [0.25, 0.3) is 0 Å². The summed E-state index contributed by atoms with van der Waals surface area (Å²) in [5, 5.41) is 0. The van der Waals surface area contributed by atoms with E-state index in [1.807, 2.05) is 0 Å². The zero-order chi connectivity index (χ0) is 17.1. The summed E-state index contributed by atoms with van der Waals surface area (Å²) in [6, 6.07) is -0.500. The van der Waals surface area contributed by atoms with Gasteiger partial charge in [0.05, 0.1) is 38.5 Å². The molecule has 3 saturated heterocycles. The molecule has 0 aliphatic carbocycles. The van der Waals surface area contributed by atoms with Gasteiger partial charge in [0.1, 0.15) is 17.4 Å². The third-order valence-electron chi connectivity index (χ3n) is 4.54. The zero-order valence-corrected chi connectivity index (χ0v) is 13.8. The third kappa shape index (κ3) is 2.36. The standard InChI is InChI=1S/C15H21NO7/c1-15(2,3)23-14(19)16-8-9(16)11-7(13(18)21-5)6(10(8)22-11)12(17)20-4/h6-11H,1-5H3/t6-,7+,8+,9-,10-,11+,16?. The number of rotatable bonds is 2. The highest BCUT2D eigenvalue weighted by atomic mass is 16.6. The average molecular weight is 327 g/mol. The summed E-state index contributed by atoms with van der Waals surface area (Å²) >= 11 is 0. The minimum atomic E-state index is -0.758. The highest BCUT2D eigenvalue weighted by molar-refractivity contribution is 5.86. The van der Waals surface area contributed by atoms with Gasteiger partial charge in [-0.05, 0) is 20.8 Å². The Kier molecular flexibility index (Phi) is 3.55. The number of hydrogen-bond donors (Lipinski definition) is 0. The Morgan fingerprint density at radius 3 is 1.70 bits per heavy atom. The molecule has 0 N–H and O–H groups in total. The van der Waals surface area contributed by atoms with E-state index in [0.717, 1.165) is 0 Å². The number of esters is 2. The van der Waals surface area contributed by atoms with E-state index in [1.54, 1.807) is 25.7 Å². The monoisotopic (exact) mass is 327 g/mol. The fourth-order valence-electron chi connectivity index (χ4n) is 3.71. The molecule has 3 aliphatic heterocycles. The Labute approximate surface area is 134 Å². The van der Waals surface area contributed by atoms with Gasteiger partial charge in [-0.2, -0.15) is 0 Å². The smallest absolute Gasteiger partial charge is 0.411 e. The molecule has 0 radical (unpaired) electrons. The molecule has 0 unspecified atom stereocenters. The van der Waals surface area contributed by atoms with Gasteiger partial charge >= 0.3 is 18.0 Å². The van der Waals surface area contributed by atoms with Gasteiger partial charge < -0.3 is 18.9 Å². The predicted octanol–water partition coefficient (Wildman–Crippen LogP) is 0.334. The van der Waals surface area contributed by atoms with Gasteiger partial charge in [0.15, 0.2) is 0 Å². The van der Waals surface area contributed by atoms with Crippen LogP contribution < -0.4 is 0 Å². The number of hydrogen-bond acceptors (Lipinski definition) is 7. The molecular formula is C15H21NO7. The first kappa shape index (κ1) is 16.0. The van der Waals surface area contributed by atoms with Crippen LogP contribution >= 0.6 is 0 Å². The van der Waals surface area contributed by atoms with E-state index in [4.69, 9.17) is 18.9 Å². The van der Waals surface area contributed by atoms with E-state index < -0.39 is 47.7 Å². The van der Waals surface area contributed by atoms with Gasteiger partial charge in [0, 0.05) is 0 Å². The lowest BCUT2D eigenvalue weighted by molar-refractivity contribution is -0.157. The molecule has 0 spiro atoms. The van der Waals surface area contributed by atoms with Crippen LogP contribution in [0, 0.1) is 11.8 Å². The number of amides is 1. The molecule has 3 fully saturated rings. The van der Waals surface area contributed by atoms with E-state index in [1.165, 1.54) is 14.2 Å². The molecule has 0 saturated carbocycles. The molecule has 1 amide bonds. The number of carbonyl (C=O) groups excluding carboxylic acids is 3. The van der Waals surface area contributed by atoms with Crippen LogP contribution in [0.4, 0.5) is 4.79 Å². The van der Waals surface area contributed by atoms with Gasteiger partial charge in [-0.15, -0.1) is 0 Å². The van der Waals surface area contributed by atoms with Gasteiger partial charge in [-0.3, -0.25) is 14.5 Å². The summed E-state index contributed by atoms with van der Waals surface area (Å²) in [6.07, 6.45) is -1.58. The Morgan fingerprint density at radius 1 is 0.913 bits per heavy atom. The first-order valence-corrected chi connectivity index (χ1v) is 7.53. The number of likely N-dealkylation sites (tertiary alicyclic amines) is 1. The molecule has 0 aromatic carbocycles. The molecule has 2 bridgehead atoms. The van der Waals surface area contributed by atoms with E-state index in [9.17, 15) is 14.4 Å². The minimum Gasteiger partial charge on any atom is -0.469 e. The summed E-state index contributed by atoms with van der Waals surface area (Å²) in [6.45, 7) is 5.34. The lowest BCUT2D eigenvalue weighted by Crippen LogP contribution is -2.42. The van der Waals surface area contributed by atoms with Crippen LogP contribution in [0.5, 0.6) is 0 Å². The number of ether oxygens (including phenoxy) is 4. The molecule has 8 nitrogen and oxygen atoms in total. The Balaban J connectivity index is 1.81. The summed E-state index contributed by atoms with van der Waals surface area (Å²) in [4.78, 5) is 37.9. The fourth-order valence-corrected chi connectivity index (χ4v) is 3.71. The van der Waals surface area contributed by atoms with E-state index in [-0.39, 0.29) is 12.1 Å². The SMILES string of the molecule is COC(=O)[C@@H]1[C@@H]2O[C@H]([C@@H]1C(=O)OC)[C@@H]1[C@H]2N1C(=O)OC(C)(C)C. The first-order chi connectivity index (χ1) is 10.7. The molecule has 0 aromatic rings. The van der Waals surface area contributed by atoms with Gasteiger partial charge in [0.25, 0.3) is 0 Å². The normalized spacial score (nSPS) is 37.2. The van der Waals surface area contributed by atoms with Crippen LogP contribution in [0.1, 0.15) is 20.8 Å². The van der Waals surface area contributed by atoms with Crippen molar-refractivity contribution in [2.45, 2.75) is 50.7 Å². The predicted molar refractivity (Wildman–Crippen MR) is 75.3 cm³/mol. The van der Waals surface area contributed by atoms with Gasteiger partial charge in [-0.25, -0.2) is 4.79 Å². The van der Waals surface area contributed by atoms with Gasteiger partial charge in [-0.1, -0.05) is 0 Å². The second-order valence-electron chi connectivity index (χ2n) is 7.03. The van der Waals surface area contributed by atoms with E-state index >= 15 is 0 Å². The molecule has 128 valence electrons. The maximum atomic E-state index is 12.3. The average Bonchev–Trinajstić information content (AvgIpc) is 2.97. The molecule has 3 aliphatic rings. The van der Waals surface area contributed by atoms with Crippen molar-refractivity contribution in [2.24, 2.45) is 11.8 Å². The first-order valence-electron chi connectivity index (χ1n) is 7.53. The highest BCUT2D eigenvalue weighted by Crippen LogP contribution is 2.56. The third-order valence-corrected chi connectivity index (χ3v) is 4.54. The molecule has 0 aromatic heterocycles. The van der Waals surface area contributed by atoms with E-state index in [2.05, 4.69) is 0 Å². The second-order valence-corrected chi connectivity index (χ2v) is 7.03. The van der Waals surface area contributed by atoms with E-state index in [0.29, 0.717) is 0 Å². The topological polar surface area (TPSA) is 91.1 Å². The van der Waals surface area contributed by atoms with Crippen LogP contribution in [0.3, 0.4) is 0 Å². The summed E-state index contributed by atoms with van der Waals surface area (Å²) in [5.41, 5.74) is -0.614. The zero-order valence-electron chi connectivity index (χ0n) is 13.8. The molecule has 6 atom stereocenters. The van der Waals surface area contributed by atoms with Crippen molar-refractivity contribution in [3.05, 3.63) is 0 Å². The van der Waals surface area contributed by atoms with Crippen LogP contribution in [0.15, 0.2) is 0 Å².